The second-order valence-electron chi connectivity index (χ2n) is 15.9. The van der Waals surface area contributed by atoms with E-state index in [9.17, 15) is 32.4 Å². The van der Waals surface area contributed by atoms with Crippen LogP contribution in [-0.4, -0.2) is 102 Å². The molecule has 16 nitrogen and oxygen atoms in total. The van der Waals surface area contributed by atoms with E-state index in [1.807, 2.05) is 30.3 Å². The number of ether oxygens (including phenoxy) is 4. The van der Waals surface area contributed by atoms with Gasteiger partial charge in [0.05, 0.1) is 30.1 Å². The van der Waals surface area contributed by atoms with Crippen molar-refractivity contribution in [1.29, 1.82) is 0 Å². The van der Waals surface area contributed by atoms with Crippen LogP contribution in [0.2, 0.25) is 0 Å². The molecule has 6 rings (SSSR count). The van der Waals surface area contributed by atoms with E-state index in [1.54, 1.807) is 45.0 Å². The van der Waals surface area contributed by atoms with Crippen molar-refractivity contribution < 1.29 is 51.3 Å². The molecule has 6 unspecified atom stereocenters. The largest absolute Gasteiger partial charge is 0.497 e. The number of hydrogen-bond donors (Lipinski definition) is 3. The number of sulfonamides is 1. The van der Waals surface area contributed by atoms with Crippen LogP contribution in [0.5, 0.6) is 11.5 Å². The summed E-state index contributed by atoms with van der Waals surface area (Å²) in [4.78, 5) is 74.3. The molecule has 2 saturated carbocycles. The molecule has 3 aliphatic rings. The van der Waals surface area contributed by atoms with Gasteiger partial charge >= 0.3 is 12.1 Å². The number of amides is 4. The predicted molar refractivity (Wildman–Crippen MR) is 216 cm³/mol. The maximum atomic E-state index is 14.7. The molecular weight excluding hydrogens is 783 g/mol. The van der Waals surface area contributed by atoms with Gasteiger partial charge in [0.2, 0.25) is 21.8 Å². The van der Waals surface area contributed by atoms with Crippen LogP contribution in [-0.2, 0) is 38.7 Å². The van der Waals surface area contributed by atoms with Gasteiger partial charge in [-0.05, 0) is 59.1 Å². The SMILES string of the molecule is C=CC(=O)OC(C)C(NC(=O)OC(C)(C)C)C(=O)N1CC(Oc2cc(-c3ccccc3)nc3cc(OC)ccc23)CC1C(=O)NC1(C(=O)NS(=O)(=O)C2CC2)CC1C=C. The van der Waals surface area contributed by atoms with Gasteiger partial charge in [-0.2, -0.15) is 0 Å². The van der Waals surface area contributed by atoms with Crippen LogP contribution in [0.4, 0.5) is 4.79 Å². The number of rotatable bonds is 15. The summed E-state index contributed by atoms with van der Waals surface area (Å²) in [6.45, 7) is 13.3. The fraction of sp³-hybridized carbons (Fsp3) is 0.429. The highest BCUT2D eigenvalue weighted by Gasteiger charge is 2.62. The molecule has 0 radical (unpaired) electrons. The van der Waals surface area contributed by atoms with Crippen molar-refractivity contribution in [3.63, 3.8) is 0 Å². The molecule has 2 heterocycles. The molecule has 17 heteroatoms. The maximum Gasteiger partial charge on any atom is 0.408 e. The van der Waals surface area contributed by atoms with Crippen molar-refractivity contribution in [3.05, 3.63) is 79.9 Å². The summed E-state index contributed by atoms with van der Waals surface area (Å²) in [6.07, 6.45) is 0.0341. The number of carbonyl (C=O) groups is 5. The highest BCUT2D eigenvalue weighted by Crippen LogP contribution is 2.45. The van der Waals surface area contributed by atoms with E-state index in [2.05, 4.69) is 28.5 Å². The average Bonchev–Trinajstić information content (AvgIpc) is 4.12. The Kier molecular flexibility index (Phi) is 12.1. The molecule has 3 aromatic rings. The van der Waals surface area contributed by atoms with E-state index in [0.29, 0.717) is 40.9 Å². The Morgan fingerprint density at radius 2 is 1.75 bits per heavy atom. The molecule has 6 atom stereocenters. The normalized spacial score (nSPS) is 22.3. The Morgan fingerprint density at radius 1 is 1.03 bits per heavy atom. The van der Waals surface area contributed by atoms with Gasteiger partial charge in [-0.3, -0.25) is 19.1 Å². The molecule has 1 saturated heterocycles. The van der Waals surface area contributed by atoms with Crippen molar-refractivity contribution in [2.45, 2.75) is 94.1 Å². The fourth-order valence-electron chi connectivity index (χ4n) is 7.02. The number of alkyl carbamates (subject to hydrolysis) is 1. The lowest BCUT2D eigenvalue weighted by atomic mass is 10.1. The quantitative estimate of drug-likeness (QED) is 0.113. The summed E-state index contributed by atoms with van der Waals surface area (Å²) >= 11 is 0. The highest BCUT2D eigenvalue weighted by molar-refractivity contribution is 7.91. The van der Waals surface area contributed by atoms with Gasteiger partial charge < -0.3 is 34.5 Å². The lowest BCUT2D eigenvalue weighted by Gasteiger charge is -2.32. The monoisotopic (exact) mass is 831 g/mol. The zero-order chi connectivity index (χ0) is 42.9. The van der Waals surface area contributed by atoms with Gasteiger partial charge in [-0.1, -0.05) is 43.0 Å². The minimum absolute atomic E-state index is 0.0704. The van der Waals surface area contributed by atoms with Crippen LogP contribution >= 0.6 is 0 Å². The van der Waals surface area contributed by atoms with Gasteiger partial charge in [-0.15, -0.1) is 6.58 Å². The first-order valence-electron chi connectivity index (χ1n) is 19.2. The third kappa shape index (κ3) is 9.67. The van der Waals surface area contributed by atoms with Crippen LogP contribution in [0, 0.1) is 5.92 Å². The number of esters is 1. The fourth-order valence-corrected chi connectivity index (χ4v) is 8.39. The number of benzene rings is 2. The summed E-state index contributed by atoms with van der Waals surface area (Å²) in [5.41, 5.74) is -0.675. The number of aromatic nitrogens is 1. The summed E-state index contributed by atoms with van der Waals surface area (Å²) in [5.74, 6) is -3.04. The number of nitrogens with one attached hydrogen (secondary N) is 3. The molecular formula is C42H49N5O11S. The summed E-state index contributed by atoms with van der Waals surface area (Å²) in [5, 5.41) is 5.17. The molecule has 3 N–H and O–H groups in total. The summed E-state index contributed by atoms with van der Waals surface area (Å²) < 4.78 is 50.6. The maximum absolute atomic E-state index is 14.7. The second kappa shape index (κ2) is 16.7. The minimum atomic E-state index is -3.97. The third-order valence-electron chi connectivity index (χ3n) is 10.3. The van der Waals surface area contributed by atoms with E-state index >= 15 is 0 Å². The topological polar surface area (TPSA) is 209 Å². The zero-order valence-electron chi connectivity index (χ0n) is 33.6. The Labute approximate surface area is 342 Å². The first-order chi connectivity index (χ1) is 27.9. The van der Waals surface area contributed by atoms with Crippen molar-refractivity contribution in [3.8, 4) is 22.8 Å². The molecule has 1 aliphatic heterocycles. The molecule has 0 spiro atoms. The number of fused-ring (bicyclic) bond motifs is 1. The van der Waals surface area contributed by atoms with E-state index in [0.717, 1.165) is 11.6 Å². The van der Waals surface area contributed by atoms with Gasteiger partial charge in [0.1, 0.15) is 46.9 Å². The van der Waals surface area contributed by atoms with Crippen molar-refractivity contribution >= 4 is 50.7 Å². The van der Waals surface area contributed by atoms with Gasteiger partial charge in [0.25, 0.3) is 5.91 Å². The predicted octanol–water partition coefficient (Wildman–Crippen LogP) is 3.94. The lowest BCUT2D eigenvalue weighted by molar-refractivity contribution is -0.150. The highest BCUT2D eigenvalue weighted by atomic mass is 32.2. The Balaban J connectivity index is 1.36. The number of pyridine rings is 1. The zero-order valence-corrected chi connectivity index (χ0v) is 34.4. The number of methoxy groups -OCH3 is 1. The van der Waals surface area contributed by atoms with Crippen LogP contribution < -0.4 is 24.8 Å². The molecule has 314 valence electrons. The minimum Gasteiger partial charge on any atom is -0.497 e. The first-order valence-corrected chi connectivity index (χ1v) is 20.8. The molecule has 0 bridgehead atoms. The molecule has 1 aromatic heterocycles. The van der Waals surface area contributed by atoms with Crippen LogP contribution in [0.25, 0.3) is 22.2 Å². The van der Waals surface area contributed by atoms with Crippen molar-refractivity contribution in [2.75, 3.05) is 13.7 Å². The average molecular weight is 832 g/mol. The first kappa shape index (κ1) is 42.6. The molecule has 4 amide bonds. The Hall–Kier alpha value is -5.97. The Bertz CT molecular complexity index is 2270. The van der Waals surface area contributed by atoms with E-state index in [4.69, 9.17) is 23.9 Å². The van der Waals surface area contributed by atoms with Crippen LogP contribution in [0.3, 0.4) is 0 Å². The number of carbonyl (C=O) groups excluding carboxylic acids is 5. The smallest absolute Gasteiger partial charge is 0.408 e. The number of likely N-dealkylation sites (tertiary alicyclic amines) is 1. The number of nitrogens with zero attached hydrogens (tertiary/aromatic N) is 2. The standard InChI is InChI=1S/C42H49N5O11S/c1-8-26-22-42(26,39(51)46-59(53,54)29-16-17-29)45-37(49)33-20-28(23-47(33)38(50)36(24(3)56-35(48)9-2)44-40(52)58-41(4,5)6)57-34-21-31(25-13-11-10-12-14-25)43-32-19-27(55-7)15-18-30(32)34/h8-15,18-19,21,24,26,28-29,33,36H,1-2,16-17,20,22-23H2,3-7H3,(H,44,52)(H,45,49)(H,46,51). The van der Waals surface area contributed by atoms with Crippen LogP contribution in [0.1, 0.15) is 53.4 Å². The second-order valence-corrected chi connectivity index (χ2v) is 17.9. The molecule has 59 heavy (non-hydrogen) atoms. The van der Waals surface area contributed by atoms with E-state index in [-0.39, 0.29) is 19.4 Å². The van der Waals surface area contributed by atoms with Crippen molar-refractivity contribution in [1.82, 2.24) is 25.2 Å². The van der Waals surface area contributed by atoms with Gasteiger partial charge in [-0.25, -0.2) is 23.0 Å². The lowest BCUT2D eigenvalue weighted by Crippen LogP contribution is -2.60. The van der Waals surface area contributed by atoms with Gasteiger partial charge in [0, 0.05) is 41.5 Å². The Morgan fingerprint density at radius 3 is 2.36 bits per heavy atom. The third-order valence-corrected chi connectivity index (χ3v) is 12.1. The number of hydrogen-bond acceptors (Lipinski definition) is 12. The van der Waals surface area contributed by atoms with Crippen LogP contribution in [0.15, 0.2) is 79.9 Å². The van der Waals surface area contributed by atoms with Crippen molar-refractivity contribution in [2.24, 2.45) is 5.92 Å². The summed E-state index contributed by atoms with van der Waals surface area (Å²) in [6, 6.07) is 13.6. The van der Waals surface area contributed by atoms with Gasteiger partial charge in [0.15, 0.2) is 0 Å². The molecule has 2 aliphatic carbocycles. The summed E-state index contributed by atoms with van der Waals surface area (Å²) in [7, 11) is -2.43. The van der Waals surface area contributed by atoms with E-state index in [1.165, 1.54) is 25.0 Å². The van der Waals surface area contributed by atoms with E-state index < -0.39 is 86.4 Å². The molecule has 2 aromatic carbocycles. The molecule has 3 fully saturated rings.